The van der Waals surface area contributed by atoms with Gasteiger partial charge in [-0.25, -0.2) is 0 Å². The monoisotopic (exact) mass is 491 g/mol. The van der Waals surface area contributed by atoms with Gasteiger partial charge in [0.2, 0.25) is 0 Å². The van der Waals surface area contributed by atoms with Gasteiger partial charge >= 0.3 is 6.18 Å². The number of halogens is 3. The van der Waals surface area contributed by atoms with E-state index >= 15 is 0 Å². The Hall–Kier alpha value is -2.65. The average molecular weight is 492 g/mol. The molecule has 2 aliphatic rings. The molecule has 1 aromatic heterocycles. The van der Waals surface area contributed by atoms with Gasteiger partial charge in [0.1, 0.15) is 18.1 Å². The Morgan fingerprint density at radius 2 is 1.89 bits per heavy atom. The number of pyridine rings is 1. The van der Waals surface area contributed by atoms with Crippen LogP contribution in [-0.2, 0) is 10.9 Å². The van der Waals surface area contributed by atoms with Crippen LogP contribution in [0.25, 0.3) is 0 Å². The highest BCUT2D eigenvalue weighted by Gasteiger charge is 2.38. The Morgan fingerprint density at radius 3 is 2.57 bits per heavy atom. The zero-order valence-electron chi connectivity index (χ0n) is 20.4. The molecule has 0 bridgehead atoms. The first-order chi connectivity index (χ1) is 16.7. The van der Waals surface area contributed by atoms with E-state index < -0.39 is 11.9 Å². The molecule has 2 atom stereocenters. The SMILES string of the molecule is COCCOc1ccc([C@H]2CCC[C@H]3CN(C(=O)c4ccc(C(F)(F)F)nc4)CCN32)c(C)c1C. The Kier molecular flexibility index (Phi) is 7.66. The van der Waals surface area contributed by atoms with Gasteiger partial charge in [0.15, 0.2) is 0 Å². The van der Waals surface area contributed by atoms with Gasteiger partial charge in [-0.2, -0.15) is 13.2 Å². The summed E-state index contributed by atoms with van der Waals surface area (Å²) in [5, 5.41) is 0. The molecular weight excluding hydrogens is 459 g/mol. The Bertz CT molecular complexity index is 1040. The van der Waals surface area contributed by atoms with E-state index in [1.54, 1.807) is 12.0 Å². The van der Waals surface area contributed by atoms with E-state index in [-0.39, 0.29) is 23.6 Å². The number of piperidine rings is 1. The van der Waals surface area contributed by atoms with Crippen LogP contribution in [0.15, 0.2) is 30.5 Å². The second-order valence-corrected chi connectivity index (χ2v) is 9.26. The molecule has 2 aromatic rings. The summed E-state index contributed by atoms with van der Waals surface area (Å²) in [6.07, 6.45) is -0.391. The molecule has 2 aliphatic heterocycles. The molecule has 1 amide bonds. The maximum atomic E-state index is 13.0. The fourth-order valence-electron chi connectivity index (χ4n) is 5.21. The Morgan fingerprint density at radius 1 is 1.09 bits per heavy atom. The molecule has 6 nitrogen and oxygen atoms in total. The van der Waals surface area contributed by atoms with Gasteiger partial charge in [0.25, 0.3) is 5.91 Å². The number of nitrogens with zero attached hydrogens (tertiary/aromatic N) is 3. The molecule has 0 radical (unpaired) electrons. The van der Waals surface area contributed by atoms with Crippen LogP contribution in [0, 0.1) is 13.8 Å². The first-order valence-electron chi connectivity index (χ1n) is 12.0. The number of amides is 1. The molecule has 35 heavy (non-hydrogen) atoms. The topological polar surface area (TPSA) is 54.9 Å². The number of methoxy groups -OCH3 is 1. The van der Waals surface area contributed by atoms with Crippen molar-refractivity contribution in [1.29, 1.82) is 0 Å². The molecule has 0 N–H and O–H groups in total. The van der Waals surface area contributed by atoms with E-state index in [1.165, 1.54) is 17.2 Å². The number of piperazine rings is 1. The summed E-state index contributed by atoms with van der Waals surface area (Å²) in [5.74, 6) is 0.605. The van der Waals surface area contributed by atoms with E-state index in [1.807, 2.05) is 6.07 Å². The summed E-state index contributed by atoms with van der Waals surface area (Å²) in [6.45, 7) is 7.07. The first-order valence-corrected chi connectivity index (χ1v) is 12.0. The van der Waals surface area contributed by atoms with Gasteiger partial charge in [-0.15, -0.1) is 0 Å². The van der Waals surface area contributed by atoms with Gasteiger partial charge in [0.05, 0.1) is 12.2 Å². The third kappa shape index (κ3) is 5.46. The first kappa shape index (κ1) is 25.4. The molecule has 0 unspecified atom stereocenters. The number of fused-ring (bicyclic) bond motifs is 1. The van der Waals surface area contributed by atoms with E-state index in [9.17, 15) is 18.0 Å². The van der Waals surface area contributed by atoms with Crippen LogP contribution in [0.2, 0.25) is 0 Å². The number of aromatic nitrogens is 1. The van der Waals surface area contributed by atoms with Crippen molar-refractivity contribution in [3.8, 4) is 5.75 Å². The summed E-state index contributed by atoms with van der Waals surface area (Å²) in [4.78, 5) is 20.7. The van der Waals surface area contributed by atoms with Crippen LogP contribution in [0.5, 0.6) is 5.75 Å². The minimum Gasteiger partial charge on any atom is -0.491 e. The minimum absolute atomic E-state index is 0.189. The standard InChI is InChI=1S/C26H32F3N3O3/c1-17-18(2)23(35-14-13-34-3)9-8-21(17)22-6-4-5-20-16-31(11-12-32(20)22)25(33)19-7-10-24(30-15-19)26(27,28)29/h7-10,15,20,22H,4-6,11-14,16H2,1-3H3/t20-,22+/m0/s1. The maximum Gasteiger partial charge on any atom is 0.433 e. The van der Waals surface area contributed by atoms with Gasteiger partial charge in [0, 0.05) is 45.0 Å². The van der Waals surface area contributed by atoms with Crippen molar-refractivity contribution in [3.05, 3.63) is 58.4 Å². The minimum atomic E-state index is -4.52. The third-order valence-electron chi connectivity index (χ3n) is 7.21. The lowest BCUT2D eigenvalue weighted by Gasteiger charge is -2.48. The smallest absolute Gasteiger partial charge is 0.433 e. The predicted octanol–water partition coefficient (Wildman–Crippen LogP) is 4.79. The molecule has 4 rings (SSSR count). The molecular formula is C26H32F3N3O3. The van der Waals surface area contributed by atoms with Crippen LogP contribution >= 0.6 is 0 Å². The molecule has 190 valence electrons. The second-order valence-electron chi connectivity index (χ2n) is 9.26. The Balaban J connectivity index is 1.45. The number of hydrogen-bond donors (Lipinski definition) is 0. The van der Waals surface area contributed by atoms with Crippen molar-refractivity contribution in [2.24, 2.45) is 0 Å². The number of hydrogen-bond acceptors (Lipinski definition) is 5. The summed E-state index contributed by atoms with van der Waals surface area (Å²) >= 11 is 0. The van der Waals surface area contributed by atoms with E-state index in [0.29, 0.717) is 26.3 Å². The summed E-state index contributed by atoms with van der Waals surface area (Å²) in [7, 11) is 1.65. The number of carbonyl (C=O) groups is 1. The molecule has 3 heterocycles. The normalized spacial score (nSPS) is 21.0. The maximum absolute atomic E-state index is 13.0. The number of alkyl halides is 3. The molecule has 2 saturated heterocycles. The fraction of sp³-hybridized carbons (Fsp3) is 0.538. The molecule has 0 saturated carbocycles. The second kappa shape index (κ2) is 10.5. The van der Waals surface area contributed by atoms with E-state index in [2.05, 4.69) is 29.8 Å². The lowest BCUT2D eigenvalue weighted by Crippen LogP contribution is -2.57. The number of ether oxygens (including phenoxy) is 2. The van der Waals surface area contributed by atoms with Crippen molar-refractivity contribution in [1.82, 2.24) is 14.8 Å². The number of benzene rings is 1. The zero-order chi connectivity index (χ0) is 25.2. The highest BCUT2D eigenvalue weighted by Crippen LogP contribution is 2.39. The van der Waals surface area contributed by atoms with Crippen LogP contribution in [0.4, 0.5) is 13.2 Å². The van der Waals surface area contributed by atoms with Crippen LogP contribution < -0.4 is 4.74 Å². The lowest BCUT2D eigenvalue weighted by atomic mass is 9.86. The third-order valence-corrected chi connectivity index (χ3v) is 7.21. The largest absolute Gasteiger partial charge is 0.491 e. The molecule has 0 spiro atoms. The predicted molar refractivity (Wildman–Crippen MR) is 126 cm³/mol. The number of rotatable bonds is 6. The van der Waals surface area contributed by atoms with E-state index in [4.69, 9.17) is 9.47 Å². The van der Waals surface area contributed by atoms with Crippen molar-refractivity contribution in [2.45, 2.75) is 51.4 Å². The van der Waals surface area contributed by atoms with E-state index in [0.717, 1.165) is 49.4 Å². The summed E-state index contributed by atoms with van der Waals surface area (Å²) in [6, 6.07) is 6.76. The van der Waals surface area contributed by atoms with Crippen LogP contribution in [0.3, 0.4) is 0 Å². The highest BCUT2D eigenvalue weighted by atomic mass is 19.4. The van der Waals surface area contributed by atoms with Crippen molar-refractivity contribution in [3.63, 3.8) is 0 Å². The summed E-state index contributed by atoms with van der Waals surface area (Å²) < 4.78 is 49.4. The van der Waals surface area contributed by atoms with Crippen LogP contribution in [-0.4, -0.2) is 66.7 Å². The lowest BCUT2D eigenvalue weighted by molar-refractivity contribution is -0.141. The molecule has 0 aliphatic carbocycles. The number of carbonyl (C=O) groups excluding carboxylic acids is 1. The molecule has 2 fully saturated rings. The fourth-order valence-corrected chi connectivity index (χ4v) is 5.21. The molecule has 9 heteroatoms. The average Bonchev–Trinajstić information content (AvgIpc) is 2.85. The Labute approximate surface area is 204 Å². The van der Waals surface area contributed by atoms with Gasteiger partial charge in [-0.05, 0) is 68.0 Å². The van der Waals surface area contributed by atoms with Crippen molar-refractivity contribution < 1.29 is 27.4 Å². The van der Waals surface area contributed by atoms with Crippen molar-refractivity contribution in [2.75, 3.05) is 40.0 Å². The molecule has 1 aromatic carbocycles. The zero-order valence-corrected chi connectivity index (χ0v) is 20.4. The quantitative estimate of drug-likeness (QED) is 0.544. The van der Waals surface area contributed by atoms with Gasteiger partial charge in [-0.3, -0.25) is 14.7 Å². The summed E-state index contributed by atoms with van der Waals surface area (Å²) in [5.41, 5.74) is 2.84. The van der Waals surface area contributed by atoms with Gasteiger partial charge in [-0.1, -0.05) is 6.07 Å². The van der Waals surface area contributed by atoms with Gasteiger partial charge < -0.3 is 14.4 Å². The van der Waals surface area contributed by atoms with Crippen molar-refractivity contribution >= 4 is 5.91 Å². The highest BCUT2D eigenvalue weighted by molar-refractivity contribution is 5.94. The van der Waals surface area contributed by atoms with Crippen LogP contribution in [0.1, 0.15) is 58.0 Å².